The summed E-state index contributed by atoms with van der Waals surface area (Å²) in [6, 6.07) is 15.0. The first-order valence-corrected chi connectivity index (χ1v) is 6.79. The largest absolute Gasteiger partial charge is 0.324 e. The summed E-state index contributed by atoms with van der Waals surface area (Å²) in [6.45, 7) is 0. The number of halogens is 2. The summed E-state index contributed by atoms with van der Waals surface area (Å²) >= 11 is 5.75. The molecule has 19 heavy (non-hydrogen) atoms. The van der Waals surface area contributed by atoms with E-state index >= 15 is 0 Å². The molecule has 1 nitrogen and oxygen atoms in total. The van der Waals surface area contributed by atoms with Gasteiger partial charge in [0, 0.05) is 6.04 Å². The van der Waals surface area contributed by atoms with Crippen molar-refractivity contribution >= 4 is 11.6 Å². The van der Waals surface area contributed by atoms with Gasteiger partial charge in [-0.05, 0) is 42.5 Å². The molecule has 0 aromatic heterocycles. The molecule has 2 aromatic rings. The van der Waals surface area contributed by atoms with Crippen molar-refractivity contribution in [3.8, 4) is 0 Å². The monoisotopic (exact) mass is 277 g/mol. The van der Waals surface area contributed by atoms with Crippen molar-refractivity contribution in [2.24, 2.45) is 5.73 Å². The highest BCUT2D eigenvalue weighted by Crippen LogP contribution is 2.20. The zero-order valence-electron chi connectivity index (χ0n) is 10.7. The summed E-state index contributed by atoms with van der Waals surface area (Å²) in [5.41, 5.74) is 8.33. The van der Waals surface area contributed by atoms with Gasteiger partial charge in [0.1, 0.15) is 5.82 Å². The van der Waals surface area contributed by atoms with Gasteiger partial charge in [-0.1, -0.05) is 48.0 Å². The van der Waals surface area contributed by atoms with Crippen molar-refractivity contribution < 1.29 is 4.39 Å². The van der Waals surface area contributed by atoms with Gasteiger partial charge in [-0.25, -0.2) is 4.39 Å². The molecule has 2 aromatic carbocycles. The normalized spacial score (nSPS) is 12.4. The van der Waals surface area contributed by atoms with Crippen LogP contribution in [0.25, 0.3) is 0 Å². The fourth-order valence-corrected chi connectivity index (χ4v) is 2.29. The molecular weight excluding hydrogens is 261 g/mol. The fourth-order valence-electron chi connectivity index (χ4n) is 2.09. The maximum atomic E-state index is 13.0. The van der Waals surface area contributed by atoms with Crippen LogP contribution in [0, 0.1) is 5.82 Å². The lowest BCUT2D eigenvalue weighted by atomic mass is 10.00. The Kier molecular flexibility index (Phi) is 4.94. The summed E-state index contributed by atoms with van der Waals surface area (Å²) in [4.78, 5) is 0. The number of hydrogen-bond donors (Lipinski definition) is 1. The molecule has 0 saturated carbocycles. The van der Waals surface area contributed by atoms with Gasteiger partial charge in [0.05, 0.1) is 5.02 Å². The van der Waals surface area contributed by atoms with Crippen molar-refractivity contribution in [1.82, 2.24) is 0 Å². The van der Waals surface area contributed by atoms with E-state index in [4.69, 9.17) is 17.3 Å². The van der Waals surface area contributed by atoms with Gasteiger partial charge in [0.2, 0.25) is 0 Å². The molecule has 0 bridgehead atoms. The van der Waals surface area contributed by atoms with E-state index in [0.29, 0.717) is 0 Å². The van der Waals surface area contributed by atoms with Gasteiger partial charge >= 0.3 is 0 Å². The summed E-state index contributed by atoms with van der Waals surface area (Å²) in [5.74, 6) is -0.369. The highest BCUT2D eigenvalue weighted by molar-refractivity contribution is 6.30. The van der Waals surface area contributed by atoms with Crippen LogP contribution < -0.4 is 5.73 Å². The molecule has 0 radical (unpaired) electrons. The maximum absolute atomic E-state index is 13.0. The lowest BCUT2D eigenvalue weighted by molar-refractivity contribution is 0.608. The number of aryl methyl sites for hydroxylation is 1. The van der Waals surface area contributed by atoms with E-state index in [1.165, 1.54) is 6.07 Å². The van der Waals surface area contributed by atoms with Crippen LogP contribution in [-0.4, -0.2) is 0 Å². The van der Waals surface area contributed by atoms with Crippen LogP contribution in [0.5, 0.6) is 0 Å². The Balaban J connectivity index is 1.85. The molecule has 100 valence electrons. The molecule has 1 unspecified atom stereocenters. The zero-order valence-corrected chi connectivity index (χ0v) is 11.4. The van der Waals surface area contributed by atoms with Crippen LogP contribution in [0.15, 0.2) is 48.5 Å². The van der Waals surface area contributed by atoms with E-state index in [2.05, 4.69) is 0 Å². The lowest BCUT2D eigenvalue weighted by Gasteiger charge is -2.11. The first-order valence-electron chi connectivity index (χ1n) is 6.41. The van der Waals surface area contributed by atoms with E-state index in [9.17, 15) is 4.39 Å². The molecule has 0 aliphatic carbocycles. The standard InChI is InChI=1S/C16H17ClFN/c17-14-11-12(9-10-15(14)18)5-4-8-16(19)13-6-2-1-3-7-13/h1-3,6-7,9-11,16H,4-5,8,19H2. The van der Waals surface area contributed by atoms with Crippen molar-refractivity contribution in [2.75, 3.05) is 0 Å². The van der Waals surface area contributed by atoms with Crippen LogP contribution in [-0.2, 0) is 6.42 Å². The molecule has 2 N–H and O–H groups in total. The highest BCUT2D eigenvalue weighted by Gasteiger charge is 2.06. The number of nitrogens with two attached hydrogens (primary N) is 1. The number of hydrogen-bond acceptors (Lipinski definition) is 1. The fraction of sp³-hybridized carbons (Fsp3) is 0.250. The SMILES string of the molecule is NC(CCCc1ccc(F)c(Cl)c1)c1ccccc1. The summed E-state index contributed by atoms with van der Waals surface area (Å²) in [7, 11) is 0. The van der Waals surface area contributed by atoms with E-state index < -0.39 is 0 Å². The van der Waals surface area contributed by atoms with Crippen LogP contribution in [0.4, 0.5) is 4.39 Å². The molecule has 0 aliphatic rings. The number of rotatable bonds is 5. The molecular formula is C16H17ClFN. The van der Waals surface area contributed by atoms with E-state index in [0.717, 1.165) is 30.4 Å². The number of benzene rings is 2. The van der Waals surface area contributed by atoms with Crippen LogP contribution >= 0.6 is 11.6 Å². The van der Waals surface area contributed by atoms with Crippen LogP contribution in [0.2, 0.25) is 5.02 Å². The quantitative estimate of drug-likeness (QED) is 0.855. The predicted octanol–water partition coefficient (Wildman–Crippen LogP) is 4.50. The van der Waals surface area contributed by atoms with E-state index in [1.54, 1.807) is 12.1 Å². The molecule has 0 fully saturated rings. The van der Waals surface area contributed by atoms with E-state index in [1.807, 2.05) is 30.3 Å². The predicted molar refractivity (Wildman–Crippen MR) is 77.7 cm³/mol. The highest BCUT2D eigenvalue weighted by atomic mass is 35.5. The minimum absolute atomic E-state index is 0.0529. The molecule has 3 heteroatoms. The lowest BCUT2D eigenvalue weighted by Crippen LogP contribution is -2.10. The van der Waals surface area contributed by atoms with Gasteiger partial charge < -0.3 is 5.73 Å². The van der Waals surface area contributed by atoms with Crippen molar-refractivity contribution in [1.29, 1.82) is 0 Å². The Morgan fingerprint density at radius 2 is 1.84 bits per heavy atom. The second-order valence-electron chi connectivity index (χ2n) is 4.66. The maximum Gasteiger partial charge on any atom is 0.141 e. The van der Waals surface area contributed by atoms with Gasteiger partial charge in [0.15, 0.2) is 0 Å². The van der Waals surface area contributed by atoms with Crippen LogP contribution in [0.3, 0.4) is 0 Å². The average Bonchev–Trinajstić information content (AvgIpc) is 2.43. The Morgan fingerprint density at radius 3 is 2.53 bits per heavy atom. The zero-order chi connectivity index (χ0) is 13.7. The van der Waals surface area contributed by atoms with Crippen molar-refractivity contribution in [3.63, 3.8) is 0 Å². The Bertz CT molecular complexity index is 528. The molecule has 1 atom stereocenters. The average molecular weight is 278 g/mol. The third-order valence-electron chi connectivity index (χ3n) is 3.19. The minimum atomic E-state index is -0.369. The Morgan fingerprint density at radius 1 is 1.11 bits per heavy atom. The molecule has 0 saturated heterocycles. The minimum Gasteiger partial charge on any atom is -0.324 e. The topological polar surface area (TPSA) is 26.0 Å². The molecule has 0 heterocycles. The van der Waals surface area contributed by atoms with Gasteiger partial charge in [-0.15, -0.1) is 0 Å². The van der Waals surface area contributed by atoms with Gasteiger partial charge in [-0.3, -0.25) is 0 Å². The van der Waals surface area contributed by atoms with Gasteiger partial charge in [-0.2, -0.15) is 0 Å². The van der Waals surface area contributed by atoms with E-state index in [-0.39, 0.29) is 16.9 Å². The first kappa shape index (κ1) is 14.0. The Hall–Kier alpha value is -1.38. The second kappa shape index (κ2) is 6.69. The smallest absolute Gasteiger partial charge is 0.141 e. The summed E-state index contributed by atoms with van der Waals surface area (Å²) in [5, 5.41) is 0.185. The molecule has 0 spiro atoms. The first-order chi connectivity index (χ1) is 9.16. The third-order valence-corrected chi connectivity index (χ3v) is 3.48. The van der Waals surface area contributed by atoms with Crippen molar-refractivity contribution in [2.45, 2.75) is 25.3 Å². The Labute approximate surface area is 118 Å². The van der Waals surface area contributed by atoms with Crippen LogP contribution in [0.1, 0.15) is 30.0 Å². The molecule has 2 rings (SSSR count). The van der Waals surface area contributed by atoms with Gasteiger partial charge in [0.25, 0.3) is 0 Å². The molecule has 0 amide bonds. The molecule has 0 aliphatic heterocycles. The second-order valence-corrected chi connectivity index (χ2v) is 5.07. The summed E-state index contributed by atoms with van der Waals surface area (Å²) < 4.78 is 13.0. The van der Waals surface area contributed by atoms with Crippen molar-refractivity contribution in [3.05, 3.63) is 70.5 Å². The summed E-state index contributed by atoms with van der Waals surface area (Å²) in [6.07, 6.45) is 2.72. The third kappa shape index (κ3) is 4.05.